The minimum absolute atomic E-state index is 0.112. The van der Waals surface area contributed by atoms with Crippen molar-refractivity contribution in [3.8, 4) is 0 Å². The van der Waals surface area contributed by atoms with Crippen LogP contribution >= 0.6 is 0 Å². The summed E-state index contributed by atoms with van der Waals surface area (Å²) in [6.07, 6.45) is 0. The first-order chi connectivity index (χ1) is 8.75. The van der Waals surface area contributed by atoms with Crippen LogP contribution in [0.5, 0.6) is 0 Å². The van der Waals surface area contributed by atoms with Crippen LogP contribution in [0.1, 0.15) is 19.4 Å². The Hall–Kier alpha value is -1.75. The minimum Gasteiger partial charge on any atom is -0.394 e. The second-order valence-electron chi connectivity index (χ2n) is 5.52. The summed E-state index contributed by atoms with van der Waals surface area (Å²) in [6.45, 7) is 5.40. The van der Waals surface area contributed by atoms with Gasteiger partial charge >= 0.3 is 6.03 Å². The molecule has 1 aromatic carbocycles. The molecule has 0 fully saturated rings. The molecule has 1 rings (SSSR count). The van der Waals surface area contributed by atoms with Gasteiger partial charge in [-0.2, -0.15) is 0 Å². The zero-order valence-corrected chi connectivity index (χ0v) is 12.2. The predicted molar refractivity (Wildman–Crippen MR) is 78.8 cm³/mol. The molecule has 0 spiro atoms. The largest absolute Gasteiger partial charge is 0.394 e. The molecule has 5 nitrogen and oxygen atoms in total. The molecule has 0 atom stereocenters. The summed E-state index contributed by atoms with van der Waals surface area (Å²) in [7, 11) is 3.96. The number of nitrogens with one attached hydrogen (secondary N) is 2. The maximum absolute atomic E-state index is 11.8. The van der Waals surface area contributed by atoms with Crippen LogP contribution in [0.25, 0.3) is 0 Å². The molecule has 0 aliphatic rings. The number of hydrogen-bond donors (Lipinski definition) is 3. The second-order valence-corrected chi connectivity index (χ2v) is 5.52. The third-order valence-electron chi connectivity index (χ3n) is 2.78. The molecule has 0 saturated carbocycles. The normalized spacial score (nSPS) is 11.1. The zero-order chi connectivity index (χ0) is 14.6. The Balaban J connectivity index is 2.73. The summed E-state index contributed by atoms with van der Waals surface area (Å²) < 4.78 is 0. The van der Waals surface area contributed by atoms with Crippen molar-refractivity contribution in [2.75, 3.05) is 30.9 Å². The number of benzene rings is 1. The van der Waals surface area contributed by atoms with Crippen LogP contribution in [0.3, 0.4) is 0 Å². The summed E-state index contributed by atoms with van der Waals surface area (Å²) >= 11 is 0. The first kappa shape index (κ1) is 15.3. The van der Waals surface area contributed by atoms with E-state index in [1.165, 1.54) is 0 Å². The van der Waals surface area contributed by atoms with Gasteiger partial charge in [-0.25, -0.2) is 4.79 Å². The van der Waals surface area contributed by atoms with Gasteiger partial charge in [0.05, 0.1) is 12.1 Å². The van der Waals surface area contributed by atoms with Crippen molar-refractivity contribution in [3.63, 3.8) is 0 Å². The minimum atomic E-state index is -0.636. The fourth-order valence-electron chi connectivity index (χ4n) is 1.74. The van der Waals surface area contributed by atoms with Gasteiger partial charge in [-0.3, -0.25) is 0 Å². The Morgan fingerprint density at radius 3 is 2.47 bits per heavy atom. The molecule has 1 aromatic rings. The zero-order valence-electron chi connectivity index (χ0n) is 12.2. The standard InChI is InChI=1S/C14H23N3O2/c1-10-8-11(6-7-12(10)17(4)5)15-13(19)16-14(2,3)9-18/h6-8,18H,9H2,1-5H3,(H2,15,16,19). The highest BCUT2D eigenvalue weighted by Crippen LogP contribution is 2.21. The van der Waals surface area contributed by atoms with Crippen LogP contribution < -0.4 is 15.5 Å². The summed E-state index contributed by atoms with van der Waals surface area (Å²) in [4.78, 5) is 13.8. The number of urea groups is 1. The fraction of sp³-hybridized carbons (Fsp3) is 0.500. The number of aryl methyl sites for hydroxylation is 1. The molecule has 19 heavy (non-hydrogen) atoms. The highest BCUT2D eigenvalue weighted by Gasteiger charge is 2.19. The highest BCUT2D eigenvalue weighted by atomic mass is 16.3. The quantitative estimate of drug-likeness (QED) is 0.779. The molecular weight excluding hydrogens is 242 g/mol. The first-order valence-corrected chi connectivity index (χ1v) is 6.23. The Kier molecular flexibility index (Phi) is 4.78. The molecule has 0 bridgehead atoms. The van der Waals surface area contributed by atoms with Crippen molar-refractivity contribution >= 4 is 17.4 Å². The number of nitrogens with zero attached hydrogens (tertiary/aromatic N) is 1. The lowest BCUT2D eigenvalue weighted by Crippen LogP contribution is -2.48. The van der Waals surface area contributed by atoms with E-state index < -0.39 is 5.54 Å². The molecule has 106 valence electrons. The van der Waals surface area contributed by atoms with Crippen LogP contribution in [0, 0.1) is 6.92 Å². The summed E-state index contributed by atoms with van der Waals surface area (Å²) in [5.74, 6) is 0. The number of hydrogen-bond acceptors (Lipinski definition) is 3. The number of rotatable bonds is 4. The number of aliphatic hydroxyl groups excluding tert-OH is 1. The van der Waals surface area contributed by atoms with Crippen molar-refractivity contribution in [1.82, 2.24) is 5.32 Å². The van der Waals surface area contributed by atoms with E-state index >= 15 is 0 Å². The van der Waals surface area contributed by atoms with Gasteiger partial charge in [0.2, 0.25) is 0 Å². The number of amides is 2. The predicted octanol–water partition coefficient (Wildman–Crippen LogP) is 1.95. The average molecular weight is 265 g/mol. The van der Waals surface area contributed by atoms with Crippen molar-refractivity contribution in [2.45, 2.75) is 26.3 Å². The smallest absolute Gasteiger partial charge is 0.319 e. The molecule has 0 heterocycles. The van der Waals surface area contributed by atoms with Crippen LogP contribution in [0.15, 0.2) is 18.2 Å². The van der Waals surface area contributed by atoms with E-state index in [0.717, 1.165) is 16.9 Å². The second kappa shape index (κ2) is 5.93. The molecule has 2 amide bonds. The monoisotopic (exact) mass is 265 g/mol. The van der Waals surface area contributed by atoms with E-state index in [4.69, 9.17) is 5.11 Å². The van der Waals surface area contributed by atoms with Gasteiger partial charge in [0, 0.05) is 25.5 Å². The van der Waals surface area contributed by atoms with E-state index in [0.29, 0.717) is 0 Å². The molecular formula is C14H23N3O2. The molecule has 0 unspecified atom stereocenters. The van der Waals surface area contributed by atoms with Crippen LogP contribution in [-0.2, 0) is 0 Å². The Morgan fingerprint density at radius 1 is 1.37 bits per heavy atom. The van der Waals surface area contributed by atoms with E-state index in [1.807, 2.05) is 44.1 Å². The third kappa shape index (κ3) is 4.44. The van der Waals surface area contributed by atoms with Crippen molar-refractivity contribution in [3.05, 3.63) is 23.8 Å². The summed E-state index contributed by atoms with van der Waals surface area (Å²) in [5.41, 5.74) is 2.29. The maximum Gasteiger partial charge on any atom is 0.319 e. The topological polar surface area (TPSA) is 64.6 Å². The molecule has 0 saturated heterocycles. The lowest BCUT2D eigenvalue weighted by Gasteiger charge is -2.24. The van der Waals surface area contributed by atoms with Crippen LogP contribution in [0.2, 0.25) is 0 Å². The molecule has 0 aliphatic carbocycles. The third-order valence-corrected chi connectivity index (χ3v) is 2.78. The molecule has 0 aliphatic heterocycles. The van der Waals surface area contributed by atoms with Gasteiger partial charge in [0.1, 0.15) is 0 Å². The van der Waals surface area contributed by atoms with Gasteiger partial charge in [-0.1, -0.05) is 0 Å². The molecule has 0 aromatic heterocycles. The van der Waals surface area contributed by atoms with Gasteiger partial charge in [-0.15, -0.1) is 0 Å². The molecule has 5 heteroatoms. The number of aliphatic hydroxyl groups is 1. The van der Waals surface area contributed by atoms with Gasteiger partial charge in [0.25, 0.3) is 0 Å². The van der Waals surface area contributed by atoms with Crippen molar-refractivity contribution < 1.29 is 9.90 Å². The molecule has 3 N–H and O–H groups in total. The lowest BCUT2D eigenvalue weighted by molar-refractivity contribution is 0.187. The lowest BCUT2D eigenvalue weighted by atomic mass is 10.1. The van der Waals surface area contributed by atoms with Crippen LogP contribution in [-0.4, -0.2) is 37.4 Å². The van der Waals surface area contributed by atoms with E-state index in [2.05, 4.69) is 10.6 Å². The fourth-order valence-corrected chi connectivity index (χ4v) is 1.74. The summed E-state index contributed by atoms with van der Waals surface area (Å²) in [5, 5.41) is 14.6. The van der Waals surface area contributed by atoms with Gasteiger partial charge < -0.3 is 20.6 Å². The average Bonchev–Trinajstić information content (AvgIpc) is 2.27. The highest BCUT2D eigenvalue weighted by molar-refractivity contribution is 5.90. The SMILES string of the molecule is Cc1cc(NC(=O)NC(C)(C)CO)ccc1N(C)C. The Bertz CT molecular complexity index is 456. The number of carbonyl (C=O) groups is 1. The Morgan fingerprint density at radius 2 is 2.00 bits per heavy atom. The van der Waals surface area contributed by atoms with Gasteiger partial charge in [-0.05, 0) is 44.5 Å². The van der Waals surface area contributed by atoms with E-state index in [1.54, 1.807) is 13.8 Å². The summed E-state index contributed by atoms with van der Waals surface area (Å²) in [6, 6.07) is 5.41. The number of carbonyl (C=O) groups excluding carboxylic acids is 1. The molecule has 0 radical (unpaired) electrons. The van der Waals surface area contributed by atoms with Crippen molar-refractivity contribution in [1.29, 1.82) is 0 Å². The Labute approximate surface area is 114 Å². The number of anilines is 2. The van der Waals surface area contributed by atoms with Crippen LogP contribution in [0.4, 0.5) is 16.2 Å². The van der Waals surface area contributed by atoms with E-state index in [9.17, 15) is 4.79 Å². The van der Waals surface area contributed by atoms with Gasteiger partial charge in [0.15, 0.2) is 0 Å². The van der Waals surface area contributed by atoms with E-state index in [-0.39, 0.29) is 12.6 Å². The maximum atomic E-state index is 11.8. The van der Waals surface area contributed by atoms with Crippen molar-refractivity contribution in [2.24, 2.45) is 0 Å². The first-order valence-electron chi connectivity index (χ1n) is 6.23.